The fourth-order valence-electron chi connectivity index (χ4n) is 3.13. The Morgan fingerprint density at radius 3 is 2.58 bits per heavy atom. The summed E-state index contributed by atoms with van der Waals surface area (Å²) < 4.78 is 10.7. The summed E-state index contributed by atoms with van der Waals surface area (Å²) in [6.07, 6.45) is 0.822. The average molecular weight is 433 g/mol. The van der Waals surface area contributed by atoms with Crippen LogP contribution >= 0.6 is 11.3 Å². The molecule has 1 N–H and O–H groups in total. The SMILES string of the molecule is CCc1ccc2c(COC(=O)c3ccc(NC(=O)c4cccs4)cc3)cc(=O)oc2c1. The van der Waals surface area contributed by atoms with Crippen LogP contribution in [0.4, 0.5) is 5.69 Å². The van der Waals surface area contributed by atoms with Gasteiger partial charge in [0.15, 0.2) is 0 Å². The highest BCUT2D eigenvalue weighted by atomic mass is 32.1. The molecule has 0 saturated heterocycles. The first kappa shape index (κ1) is 20.6. The van der Waals surface area contributed by atoms with Gasteiger partial charge in [0.1, 0.15) is 12.2 Å². The minimum Gasteiger partial charge on any atom is -0.457 e. The molecule has 0 aliphatic heterocycles. The standard InChI is InChI=1S/C24H19NO5S/c1-2-15-5-10-19-17(13-22(26)30-20(19)12-15)14-29-24(28)16-6-8-18(9-7-16)25-23(27)21-4-3-11-31-21/h3-13H,2,14H2,1H3,(H,25,27). The van der Waals surface area contributed by atoms with Crippen LogP contribution in [-0.4, -0.2) is 11.9 Å². The predicted molar refractivity (Wildman–Crippen MR) is 120 cm³/mol. The highest BCUT2D eigenvalue weighted by Gasteiger charge is 2.12. The normalized spacial score (nSPS) is 10.7. The van der Waals surface area contributed by atoms with E-state index in [1.807, 2.05) is 30.5 Å². The molecule has 156 valence electrons. The van der Waals surface area contributed by atoms with Gasteiger partial charge in [-0.1, -0.05) is 25.1 Å². The second-order valence-corrected chi connectivity index (χ2v) is 7.81. The number of nitrogens with one attached hydrogen (secondary N) is 1. The highest BCUT2D eigenvalue weighted by molar-refractivity contribution is 7.12. The minimum atomic E-state index is -0.525. The zero-order valence-electron chi connectivity index (χ0n) is 16.7. The Labute approximate surface area is 182 Å². The first-order valence-corrected chi connectivity index (χ1v) is 10.6. The number of amides is 1. The van der Waals surface area contributed by atoms with Crippen molar-refractivity contribution in [1.82, 2.24) is 0 Å². The first-order valence-electron chi connectivity index (χ1n) is 9.71. The molecule has 0 aliphatic rings. The summed E-state index contributed by atoms with van der Waals surface area (Å²) in [5.74, 6) is -0.728. The lowest BCUT2D eigenvalue weighted by atomic mass is 10.1. The average Bonchev–Trinajstić information content (AvgIpc) is 3.32. The van der Waals surface area contributed by atoms with Crippen LogP contribution in [0, 0.1) is 0 Å². The number of hydrogen-bond donors (Lipinski definition) is 1. The third-order valence-electron chi connectivity index (χ3n) is 4.79. The molecule has 0 fully saturated rings. The number of rotatable bonds is 6. The number of esters is 1. The monoisotopic (exact) mass is 433 g/mol. The van der Waals surface area contributed by atoms with Gasteiger partial charge in [-0.2, -0.15) is 0 Å². The number of benzene rings is 2. The van der Waals surface area contributed by atoms with Crippen LogP contribution in [0.25, 0.3) is 11.0 Å². The van der Waals surface area contributed by atoms with Crippen molar-refractivity contribution < 1.29 is 18.7 Å². The Bertz CT molecular complexity index is 1290. The lowest BCUT2D eigenvalue weighted by molar-refractivity contribution is 0.0474. The molecule has 4 rings (SSSR count). The molecule has 2 aromatic heterocycles. The molecule has 31 heavy (non-hydrogen) atoms. The van der Waals surface area contributed by atoms with Crippen molar-refractivity contribution in [3.05, 3.63) is 98.0 Å². The summed E-state index contributed by atoms with van der Waals surface area (Å²) in [6.45, 7) is 1.97. The van der Waals surface area contributed by atoms with Gasteiger partial charge in [0.2, 0.25) is 0 Å². The number of aryl methyl sites for hydroxylation is 1. The maximum atomic E-state index is 12.5. The van der Waals surface area contributed by atoms with Crippen LogP contribution in [0.2, 0.25) is 0 Å². The highest BCUT2D eigenvalue weighted by Crippen LogP contribution is 2.21. The molecular formula is C24H19NO5S. The van der Waals surface area contributed by atoms with E-state index in [0.29, 0.717) is 27.3 Å². The number of carbonyl (C=O) groups excluding carboxylic acids is 2. The van der Waals surface area contributed by atoms with E-state index in [1.54, 1.807) is 36.4 Å². The molecule has 4 aromatic rings. The molecule has 0 aliphatic carbocycles. The lowest BCUT2D eigenvalue weighted by Gasteiger charge is -2.09. The zero-order chi connectivity index (χ0) is 21.8. The molecule has 7 heteroatoms. The summed E-state index contributed by atoms with van der Waals surface area (Å²) in [5, 5.41) is 5.34. The van der Waals surface area contributed by atoms with E-state index in [0.717, 1.165) is 17.4 Å². The Morgan fingerprint density at radius 1 is 1.06 bits per heavy atom. The number of fused-ring (bicyclic) bond motifs is 1. The van der Waals surface area contributed by atoms with Crippen molar-refractivity contribution in [2.45, 2.75) is 20.0 Å². The molecule has 0 atom stereocenters. The third-order valence-corrected chi connectivity index (χ3v) is 5.65. The minimum absolute atomic E-state index is 0.0523. The summed E-state index contributed by atoms with van der Waals surface area (Å²) in [4.78, 5) is 37.0. The fourth-order valence-corrected chi connectivity index (χ4v) is 3.75. The lowest BCUT2D eigenvalue weighted by Crippen LogP contribution is -2.11. The maximum Gasteiger partial charge on any atom is 0.338 e. The smallest absolute Gasteiger partial charge is 0.338 e. The quantitative estimate of drug-likeness (QED) is 0.341. The summed E-state index contributed by atoms with van der Waals surface area (Å²) >= 11 is 1.35. The molecule has 2 aromatic carbocycles. The van der Waals surface area contributed by atoms with Gasteiger partial charge in [-0.05, 0) is 53.8 Å². The maximum absolute atomic E-state index is 12.5. The van der Waals surface area contributed by atoms with E-state index < -0.39 is 11.6 Å². The predicted octanol–water partition coefficient (Wildman–Crippen LogP) is 5.03. The topological polar surface area (TPSA) is 85.6 Å². The van der Waals surface area contributed by atoms with Crippen molar-refractivity contribution in [3.8, 4) is 0 Å². The van der Waals surface area contributed by atoms with Crippen LogP contribution in [0.5, 0.6) is 0 Å². The van der Waals surface area contributed by atoms with Gasteiger partial charge in [-0.3, -0.25) is 4.79 Å². The molecule has 0 unspecified atom stereocenters. The zero-order valence-corrected chi connectivity index (χ0v) is 17.5. The van der Waals surface area contributed by atoms with E-state index in [-0.39, 0.29) is 12.5 Å². The van der Waals surface area contributed by atoms with Crippen LogP contribution in [0.1, 0.15) is 38.1 Å². The summed E-state index contributed by atoms with van der Waals surface area (Å²) in [7, 11) is 0. The molecule has 0 saturated carbocycles. The molecule has 0 spiro atoms. The Kier molecular flexibility index (Phi) is 5.95. The van der Waals surface area contributed by atoms with Crippen LogP contribution < -0.4 is 10.9 Å². The Balaban J connectivity index is 1.44. The van der Waals surface area contributed by atoms with Gasteiger partial charge in [0.25, 0.3) is 5.91 Å². The van der Waals surface area contributed by atoms with Gasteiger partial charge in [0.05, 0.1) is 10.4 Å². The second-order valence-electron chi connectivity index (χ2n) is 6.86. The van der Waals surface area contributed by atoms with Gasteiger partial charge < -0.3 is 14.5 Å². The number of ether oxygens (including phenoxy) is 1. The van der Waals surface area contributed by atoms with Gasteiger partial charge in [-0.25, -0.2) is 9.59 Å². The molecule has 2 heterocycles. The van der Waals surface area contributed by atoms with Gasteiger partial charge in [-0.15, -0.1) is 11.3 Å². The Hall–Kier alpha value is -3.71. The van der Waals surface area contributed by atoms with E-state index in [2.05, 4.69) is 5.32 Å². The van der Waals surface area contributed by atoms with Crippen molar-refractivity contribution in [2.75, 3.05) is 5.32 Å². The number of thiophene rings is 1. The van der Waals surface area contributed by atoms with E-state index >= 15 is 0 Å². The van der Waals surface area contributed by atoms with Crippen molar-refractivity contribution in [3.63, 3.8) is 0 Å². The third kappa shape index (κ3) is 4.73. The van der Waals surface area contributed by atoms with Crippen molar-refractivity contribution >= 4 is 39.9 Å². The molecule has 6 nitrogen and oxygen atoms in total. The number of carbonyl (C=O) groups is 2. The molecule has 0 bridgehead atoms. The Morgan fingerprint density at radius 2 is 1.87 bits per heavy atom. The van der Waals surface area contributed by atoms with E-state index in [1.165, 1.54) is 17.4 Å². The van der Waals surface area contributed by atoms with Crippen LogP contribution in [-0.2, 0) is 17.8 Å². The molecular weight excluding hydrogens is 414 g/mol. The first-order chi connectivity index (χ1) is 15.0. The molecule has 1 amide bonds. The largest absolute Gasteiger partial charge is 0.457 e. The van der Waals surface area contributed by atoms with Crippen molar-refractivity contribution in [1.29, 1.82) is 0 Å². The second kappa shape index (κ2) is 8.97. The fraction of sp³-hybridized carbons (Fsp3) is 0.125. The number of hydrogen-bond acceptors (Lipinski definition) is 6. The van der Waals surface area contributed by atoms with Gasteiger partial charge >= 0.3 is 11.6 Å². The van der Waals surface area contributed by atoms with Gasteiger partial charge in [0, 0.05) is 22.7 Å². The molecule has 0 radical (unpaired) electrons. The van der Waals surface area contributed by atoms with E-state index in [9.17, 15) is 14.4 Å². The summed E-state index contributed by atoms with van der Waals surface area (Å²) in [6, 6.07) is 17.0. The number of anilines is 1. The van der Waals surface area contributed by atoms with E-state index in [4.69, 9.17) is 9.15 Å². The van der Waals surface area contributed by atoms with Crippen LogP contribution in [0.15, 0.2) is 75.3 Å². The summed E-state index contributed by atoms with van der Waals surface area (Å²) in [5.41, 5.74) is 2.54. The van der Waals surface area contributed by atoms with Crippen molar-refractivity contribution in [2.24, 2.45) is 0 Å². The van der Waals surface area contributed by atoms with Crippen LogP contribution in [0.3, 0.4) is 0 Å².